The van der Waals surface area contributed by atoms with Crippen molar-refractivity contribution in [2.24, 2.45) is 5.92 Å². The number of hydrogen-bond donors (Lipinski definition) is 3. The van der Waals surface area contributed by atoms with Gasteiger partial charge < -0.3 is 34.7 Å². The zero-order chi connectivity index (χ0) is 43.7. The Morgan fingerprint density at radius 3 is 2.33 bits per heavy atom. The van der Waals surface area contributed by atoms with Gasteiger partial charge in [-0.05, 0) is 82.0 Å². The molecule has 16 nitrogen and oxygen atoms in total. The average Bonchev–Trinajstić information content (AvgIpc) is 3.56. The summed E-state index contributed by atoms with van der Waals surface area (Å²) in [6.07, 6.45) is 0.306. The van der Waals surface area contributed by atoms with Crippen LogP contribution in [-0.4, -0.2) is 84.2 Å². The molecular formula is C43H52N6O10S. The van der Waals surface area contributed by atoms with E-state index in [9.17, 15) is 32.4 Å². The number of esters is 1. The summed E-state index contributed by atoms with van der Waals surface area (Å²) < 4.78 is 45.0. The van der Waals surface area contributed by atoms with Crippen LogP contribution < -0.4 is 21.5 Å². The molecule has 17 heteroatoms. The molecule has 4 heterocycles. The number of carbonyl (C=O) groups excluding carboxylic acids is 4. The van der Waals surface area contributed by atoms with E-state index in [1.807, 2.05) is 52.0 Å². The Morgan fingerprint density at radius 1 is 1.00 bits per heavy atom. The van der Waals surface area contributed by atoms with Crippen LogP contribution in [0, 0.1) is 5.92 Å². The fourth-order valence-electron chi connectivity index (χ4n) is 7.97. The quantitative estimate of drug-likeness (QED) is 0.126. The van der Waals surface area contributed by atoms with Crippen molar-refractivity contribution in [2.75, 3.05) is 25.2 Å². The molecule has 3 N–H and O–H groups in total. The highest BCUT2D eigenvalue weighted by Crippen LogP contribution is 2.42. The van der Waals surface area contributed by atoms with E-state index in [4.69, 9.17) is 19.2 Å². The van der Waals surface area contributed by atoms with Gasteiger partial charge in [0.15, 0.2) is 0 Å². The Labute approximate surface area is 349 Å². The summed E-state index contributed by atoms with van der Waals surface area (Å²) in [5.74, 6) is -1.53. The molecule has 2 amide bonds. The number of likely N-dealkylation sites (N-methyl/N-ethyl adjacent to an activating group) is 1. The van der Waals surface area contributed by atoms with Crippen molar-refractivity contribution < 1.29 is 41.8 Å². The van der Waals surface area contributed by atoms with Crippen LogP contribution in [0.3, 0.4) is 0 Å². The van der Waals surface area contributed by atoms with Crippen LogP contribution >= 0.6 is 0 Å². The van der Waals surface area contributed by atoms with Crippen molar-refractivity contribution >= 4 is 50.6 Å². The SMILES string of the molecule is CC[C@@]1(OC(=O)OCc2ccc(NC(=O)[C@H](C)NC(=O)[C@@H](NC)C(C)C)cc2)C(=O)OCc2c1cc1n(c2=O)Cc2c-1nc1ccccc1c2CCN(C(C)C)S(C)(=O)=O. The first-order valence-electron chi connectivity index (χ1n) is 19.9. The number of fused-ring (bicyclic) bond motifs is 5. The molecular weight excluding hydrogens is 793 g/mol. The molecule has 2 aliphatic heterocycles. The van der Waals surface area contributed by atoms with E-state index >= 15 is 0 Å². The van der Waals surface area contributed by atoms with Gasteiger partial charge in [-0.3, -0.25) is 14.4 Å². The Morgan fingerprint density at radius 2 is 1.70 bits per heavy atom. The summed E-state index contributed by atoms with van der Waals surface area (Å²) in [5, 5.41) is 9.25. The largest absolute Gasteiger partial charge is 0.510 e. The summed E-state index contributed by atoms with van der Waals surface area (Å²) in [6, 6.07) is 14.1. The van der Waals surface area contributed by atoms with Crippen LogP contribution in [0.4, 0.5) is 10.5 Å². The molecule has 0 aliphatic carbocycles. The van der Waals surface area contributed by atoms with E-state index in [0.29, 0.717) is 34.6 Å². The first-order chi connectivity index (χ1) is 28.4. The molecule has 0 saturated heterocycles. The number of amides is 2. The lowest BCUT2D eigenvalue weighted by atomic mass is 9.85. The summed E-state index contributed by atoms with van der Waals surface area (Å²) >= 11 is 0. The number of para-hydroxylation sites is 1. The number of carbonyl (C=O) groups is 4. The molecule has 0 saturated carbocycles. The number of aromatic nitrogens is 2. The van der Waals surface area contributed by atoms with E-state index in [-0.39, 0.29) is 61.7 Å². The van der Waals surface area contributed by atoms with Crippen molar-refractivity contribution in [3.8, 4) is 11.4 Å². The molecule has 0 fully saturated rings. The van der Waals surface area contributed by atoms with Gasteiger partial charge in [0.05, 0.1) is 41.3 Å². The number of benzene rings is 2. The first-order valence-corrected chi connectivity index (χ1v) is 21.8. The lowest BCUT2D eigenvalue weighted by molar-refractivity contribution is -0.175. The van der Waals surface area contributed by atoms with Crippen molar-refractivity contribution in [2.45, 2.75) is 97.9 Å². The highest BCUT2D eigenvalue weighted by molar-refractivity contribution is 7.88. The second kappa shape index (κ2) is 17.5. The molecule has 2 aliphatic rings. The minimum Gasteiger partial charge on any atom is -0.457 e. The van der Waals surface area contributed by atoms with Crippen LogP contribution in [0.1, 0.15) is 75.8 Å². The maximum atomic E-state index is 14.3. The van der Waals surface area contributed by atoms with Gasteiger partial charge in [-0.1, -0.05) is 51.1 Å². The highest BCUT2D eigenvalue weighted by Gasteiger charge is 2.51. The van der Waals surface area contributed by atoms with Crippen LogP contribution in [0.5, 0.6) is 0 Å². The normalized spacial score (nSPS) is 16.8. The third-order valence-electron chi connectivity index (χ3n) is 11.1. The maximum absolute atomic E-state index is 14.3. The lowest BCUT2D eigenvalue weighted by Gasteiger charge is -2.35. The number of ether oxygens (including phenoxy) is 3. The van der Waals surface area contributed by atoms with E-state index in [1.165, 1.54) is 10.6 Å². The molecule has 60 heavy (non-hydrogen) atoms. The smallest absolute Gasteiger partial charge is 0.457 e. The lowest BCUT2D eigenvalue weighted by Crippen LogP contribution is -2.51. The van der Waals surface area contributed by atoms with Gasteiger partial charge in [0, 0.05) is 34.8 Å². The summed E-state index contributed by atoms with van der Waals surface area (Å²) in [4.78, 5) is 71.5. The monoisotopic (exact) mass is 844 g/mol. The molecule has 3 atom stereocenters. The number of hydrogen-bond acceptors (Lipinski definition) is 12. The van der Waals surface area contributed by atoms with Gasteiger partial charge in [0.1, 0.15) is 19.3 Å². The van der Waals surface area contributed by atoms with Crippen LogP contribution in [0.2, 0.25) is 0 Å². The number of nitrogens with one attached hydrogen (secondary N) is 3. The fourth-order valence-corrected chi connectivity index (χ4v) is 9.16. The standard InChI is InChI=1S/C43H52N6O10S/c1-9-43(59-42(54)58-22-27-14-16-28(17-15-27)46-38(50)26(6)45-39(51)36(44-7)24(2)3)33-20-35-37-31(21-48(35)40(52)32(33)23-57-41(43)53)29(30-12-10-11-13-34(30)47-37)18-19-49(25(4)5)60(8,55)56/h10-17,20,24-26,36,44H,9,18-19,21-23H2,1-8H3,(H,45,51)(H,46,50)/t26-,36-,43-/m0/s1. The van der Waals surface area contributed by atoms with E-state index < -0.39 is 51.3 Å². The van der Waals surface area contributed by atoms with E-state index in [1.54, 1.807) is 55.8 Å². The Bertz CT molecular complexity index is 2500. The maximum Gasteiger partial charge on any atom is 0.510 e. The molecule has 4 aromatic rings. The number of cyclic esters (lactones) is 1. The minimum atomic E-state index is -3.50. The van der Waals surface area contributed by atoms with Crippen LogP contribution in [-0.2, 0) is 70.4 Å². The van der Waals surface area contributed by atoms with Crippen molar-refractivity contribution in [3.05, 3.63) is 92.8 Å². The first kappa shape index (κ1) is 43.9. The van der Waals surface area contributed by atoms with E-state index in [2.05, 4.69) is 16.0 Å². The number of anilines is 1. The van der Waals surface area contributed by atoms with Gasteiger partial charge in [-0.25, -0.2) is 23.0 Å². The van der Waals surface area contributed by atoms with Gasteiger partial charge in [0.2, 0.25) is 27.4 Å². The molecule has 6 rings (SSSR count). The Hall–Kier alpha value is -5.65. The molecule has 2 aromatic carbocycles. The molecule has 0 spiro atoms. The average molecular weight is 845 g/mol. The predicted molar refractivity (Wildman–Crippen MR) is 224 cm³/mol. The van der Waals surface area contributed by atoms with Gasteiger partial charge >= 0.3 is 12.1 Å². The van der Waals surface area contributed by atoms with Crippen LogP contribution in [0.25, 0.3) is 22.3 Å². The zero-order valence-corrected chi connectivity index (χ0v) is 35.9. The number of sulfonamides is 1. The van der Waals surface area contributed by atoms with E-state index in [0.717, 1.165) is 16.5 Å². The molecule has 0 radical (unpaired) electrons. The number of rotatable bonds is 15. The second-order valence-electron chi connectivity index (χ2n) is 15.8. The minimum absolute atomic E-state index is 0.0273. The van der Waals surface area contributed by atoms with Crippen molar-refractivity contribution in [3.63, 3.8) is 0 Å². The molecule has 2 aromatic heterocycles. The summed E-state index contributed by atoms with van der Waals surface area (Å²) in [7, 11) is -1.82. The highest BCUT2D eigenvalue weighted by atomic mass is 32.2. The predicted octanol–water partition coefficient (Wildman–Crippen LogP) is 4.34. The molecule has 320 valence electrons. The summed E-state index contributed by atoms with van der Waals surface area (Å²) in [5.41, 5.74) is 2.11. The number of pyridine rings is 2. The molecule has 0 bridgehead atoms. The van der Waals surface area contributed by atoms with Gasteiger partial charge in [0.25, 0.3) is 5.56 Å². The zero-order valence-electron chi connectivity index (χ0n) is 35.1. The Balaban J connectivity index is 1.21. The second-order valence-corrected chi connectivity index (χ2v) is 17.7. The molecule has 0 unspecified atom stereocenters. The van der Waals surface area contributed by atoms with Crippen molar-refractivity contribution in [1.29, 1.82) is 0 Å². The third kappa shape index (κ3) is 8.65. The van der Waals surface area contributed by atoms with Gasteiger partial charge in [-0.2, -0.15) is 4.31 Å². The third-order valence-corrected chi connectivity index (χ3v) is 12.6. The van der Waals surface area contributed by atoms with Crippen LogP contribution in [0.15, 0.2) is 59.4 Å². The van der Waals surface area contributed by atoms with Crippen molar-refractivity contribution in [1.82, 2.24) is 24.5 Å². The Kier molecular flexibility index (Phi) is 12.8. The van der Waals surface area contributed by atoms with Gasteiger partial charge in [-0.15, -0.1) is 0 Å². The number of nitrogens with zero attached hydrogens (tertiary/aromatic N) is 3. The fraction of sp³-hybridized carbons (Fsp3) is 0.442. The summed E-state index contributed by atoms with van der Waals surface area (Å²) in [6.45, 7) is 10.5. The topological polar surface area (TPSA) is 204 Å².